The van der Waals surface area contributed by atoms with Crippen LogP contribution in [-0.2, 0) is 0 Å². The summed E-state index contributed by atoms with van der Waals surface area (Å²) in [5.41, 5.74) is 2.81. The number of aryl methyl sites for hydroxylation is 1. The minimum Gasteiger partial charge on any atom is -0.478 e. The van der Waals surface area contributed by atoms with Gasteiger partial charge in [0.25, 0.3) is 0 Å². The van der Waals surface area contributed by atoms with Crippen LogP contribution >= 0.6 is 11.6 Å². The number of hydrogen-bond donors (Lipinski definition) is 1. The molecule has 0 aliphatic carbocycles. The third kappa shape index (κ3) is 2.45. The molecule has 2 aromatic rings. The Hall–Kier alpha value is -1.87. The Morgan fingerprint density at radius 3 is 2.65 bits per heavy atom. The fourth-order valence-electron chi connectivity index (χ4n) is 1.60. The number of aromatic nitrogens is 1. The van der Waals surface area contributed by atoms with E-state index in [4.69, 9.17) is 16.7 Å². The van der Waals surface area contributed by atoms with Crippen molar-refractivity contribution in [3.63, 3.8) is 0 Å². The predicted molar refractivity (Wildman–Crippen MR) is 66.4 cm³/mol. The van der Waals surface area contributed by atoms with E-state index in [-0.39, 0.29) is 5.56 Å². The smallest absolute Gasteiger partial charge is 0.335 e. The molecule has 0 saturated carbocycles. The van der Waals surface area contributed by atoms with Crippen molar-refractivity contribution < 1.29 is 9.90 Å². The number of rotatable bonds is 2. The summed E-state index contributed by atoms with van der Waals surface area (Å²) in [4.78, 5) is 14.9. The Morgan fingerprint density at radius 2 is 2.06 bits per heavy atom. The van der Waals surface area contributed by atoms with Crippen LogP contribution in [0, 0.1) is 6.92 Å². The minimum absolute atomic E-state index is 0.185. The van der Waals surface area contributed by atoms with Crippen LogP contribution in [0.1, 0.15) is 16.1 Å². The van der Waals surface area contributed by atoms with Crippen LogP contribution in [0.5, 0.6) is 0 Å². The van der Waals surface area contributed by atoms with Crippen LogP contribution in [0.3, 0.4) is 0 Å². The van der Waals surface area contributed by atoms with Crippen molar-refractivity contribution >= 4 is 17.6 Å². The van der Waals surface area contributed by atoms with Gasteiger partial charge in [0.15, 0.2) is 0 Å². The molecular formula is C13H10ClNO2. The molecule has 0 bridgehead atoms. The summed E-state index contributed by atoms with van der Waals surface area (Å²) in [7, 11) is 0. The summed E-state index contributed by atoms with van der Waals surface area (Å²) in [5.74, 6) is -0.982. The van der Waals surface area contributed by atoms with Crippen molar-refractivity contribution in [2.45, 2.75) is 6.92 Å². The maximum atomic E-state index is 10.8. The Morgan fingerprint density at radius 1 is 1.29 bits per heavy atom. The van der Waals surface area contributed by atoms with E-state index in [1.807, 2.05) is 19.1 Å². The summed E-state index contributed by atoms with van der Waals surface area (Å²) in [5, 5.41) is 9.27. The van der Waals surface area contributed by atoms with E-state index >= 15 is 0 Å². The fraction of sp³-hybridized carbons (Fsp3) is 0.0769. The normalized spacial score (nSPS) is 10.2. The monoisotopic (exact) mass is 247 g/mol. The summed E-state index contributed by atoms with van der Waals surface area (Å²) in [6, 6.07) is 8.45. The number of carboxylic acid groups (broad SMARTS) is 1. The van der Waals surface area contributed by atoms with Gasteiger partial charge in [0, 0.05) is 22.5 Å². The van der Waals surface area contributed by atoms with Gasteiger partial charge in [-0.15, -0.1) is 0 Å². The van der Waals surface area contributed by atoms with Crippen molar-refractivity contribution in [1.82, 2.24) is 4.98 Å². The average molecular weight is 248 g/mol. The first kappa shape index (κ1) is 11.6. The molecule has 86 valence electrons. The zero-order valence-electron chi connectivity index (χ0n) is 9.14. The second-order valence-electron chi connectivity index (χ2n) is 3.69. The Balaban J connectivity index is 2.50. The molecule has 0 spiro atoms. The van der Waals surface area contributed by atoms with E-state index < -0.39 is 5.97 Å². The van der Waals surface area contributed by atoms with Gasteiger partial charge in [0.2, 0.25) is 0 Å². The lowest BCUT2D eigenvalue weighted by molar-refractivity contribution is 0.0697. The van der Waals surface area contributed by atoms with Crippen LogP contribution in [0.25, 0.3) is 11.1 Å². The van der Waals surface area contributed by atoms with E-state index in [1.165, 1.54) is 6.07 Å². The quantitative estimate of drug-likeness (QED) is 0.885. The van der Waals surface area contributed by atoms with Gasteiger partial charge in [0.1, 0.15) is 0 Å². The van der Waals surface area contributed by atoms with Gasteiger partial charge in [0.05, 0.1) is 5.56 Å². The van der Waals surface area contributed by atoms with Crippen LogP contribution in [0.15, 0.2) is 36.5 Å². The summed E-state index contributed by atoms with van der Waals surface area (Å²) in [6.45, 7) is 1.89. The molecule has 2 rings (SSSR count). The van der Waals surface area contributed by atoms with Crippen molar-refractivity contribution in [2.75, 3.05) is 0 Å². The third-order valence-electron chi connectivity index (χ3n) is 2.42. The number of hydrogen-bond acceptors (Lipinski definition) is 2. The lowest BCUT2D eigenvalue weighted by atomic mass is 10.0. The van der Waals surface area contributed by atoms with Crippen molar-refractivity contribution in [3.05, 3.63) is 52.8 Å². The first-order valence-corrected chi connectivity index (χ1v) is 5.41. The van der Waals surface area contributed by atoms with E-state index in [9.17, 15) is 4.79 Å². The van der Waals surface area contributed by atoms with Crippen molar-refractivity contribution in [1.29, 1.82) is 0 Å². The van der Waals surface area contributed by atoms with Gasteiger partial charge in [-0.3, -0.25) is 4.98 Å². The second kappa shape index (κ2) is 4.55. The van der Waals surface area contributed by atoms with Crippen molar-refractivity contribution in [3.8, 4) is 11.1 Å². The van der Waals surface area contributed by atoms with Crippen LogP contribution in [-0.4, -0.2) is 16.1 Å². The highest BCUT2D eigenvalue weighted by molar-refractivity contribution is 6.33. The number of aromatic carboxylic acids is 1. The molecule has 1 N–H and O–H groups in total. The molecule has 0 saturated heterocycles. The molecule has 0 unspecified atom stereocenters. The molecular weight excluding hydrogens is 238 g/mol. The molecule has 17 heavy (non-hydrogen) atoms. The van der Waals surface area contributed by atoms with Gasteiger partial charge in [-0.25, -0.2) is 4.79 Å². The Kier molecular flexibility index (Phi) is 3.11. The molecule has 0 atom stereocenters. The highest BCUT2D eigenvalue weighted by atomic mass is 35.5. The molecule has 4 heteroatoms. The lowest BCUT2D eigenvalue weighted by Gasteiger charge is -2.06. The maximum absolute atomic E-state index is 10.8. The molecule has 1 aromatic heterocycles. The highest BCUT2D eigenvalue weighted by Gasteiger charge is 2.08. The molecule has 0 aliphatic heterocycles. The third-order valence-corrected chi connectivity index (χ3v) is 2.74. The SMILES string of the molecule is Cc1cc(-c2ccc(C(=O)O)cc2Cl)ccn1. The molecule has 1 heterocycles. The number of halogens is 1. The highest BCUT2D eigenvalue weighted by Crippen LogP contribution is 2.28. The first-order valence-electron chi connectivity index (χ1n) is 5.04. The largest absolute Gasteiger partial charge is 0.478 e. The van der Waals surface area contributed by atoms with Crippen LogP contribution in [0.2, 0.25) is 5.02 Å². The van der Waals surface area contributed by atoms with Gasteiger partial charge in [-0.1, -0.05) is 17.7 Å². The Labute approximate surface area is 104 Å². The number of carbonyl (C=O) groups is 1. The predicted octanol–water partition coefficient (Wildman–Crippen LogP) is 3.41. The molecule has 0 radical (unpaired) electrons. The van der Waals surface area contributed by atoms with E-state index in [2.05, 4.69) is 4.98 Å². The maximum Gasteiger partial charge on any atom is 0.335 e. The number of nitrogens with zero attached hydrogens (tertiary/aromatic N) is 1. The Bertz CT molecular complexity index is 581. The summed E-state index contributed by atoms with van der Waals surface area (Å²) in [6.07, 6.45) is 1.70. The molecule has 0 amide bonds. The van der Waals surface area contributed by atoms with Gasteiger partial charge in [-0.05, 0) is 36.8 Å². The first-order chi connectivity index (χ1) is 8.08. The van der Waals surface area contributed by atoms with Gasteiger partial charge < -0.3 is 5.11 Å². The molecule has 3 nitrogen and oxygen atoms in total. The van der Waals surface area contributed by atoms with Crippen LogP contribution < -0.4 is 0 Å². The topological polar surface area (TPSA) is 50.2 Å². The number of benzene rings is 1. The molecule has 1 aromatic carbocycles. The molecule has 0 fully saturated rings. The van der Waals surface area contributed by atoms with Crippen molar-refractivity contribution in [2.24, 2.45) is 0 Å². The lowest BCUT2D eigenvalue weighted by Crippen LogP contribution is -1.96. The fourth-order valence-corrected chi connectivity index (χ4v) is 1.88. The van der Waals surface area contributed by atoms with Gasteiger partial charge in [-0.2, -0.15) is 0 Å². The van der Waals surface area contributed by atoms with Gasteiger partial charge >= 0.3 is 5.97 Å². The second-order valence-corrected chi connectivity index (χ2v) is 4.09. The number of pyridine rings is 1. The number of carboxylic acids is 1. The van der Waals surface area contributed by atoms with E-state index in [0.717, 1.165) is 16.8 Å². The minimum atomic E-state index is -0.982. The zero-order chi connectivity index (χ0) is 12.4. The average Bonchev–Trinajstić information content (AvgIpc) is 2.28. The summed E-state index contributed by atoms with van der Waals surface area (Å²) < 4.78 is 0. The van der Waals surface area contributed by atoms with E-state index in [1.54, 1.807) is 18.3 Å². The summed E-state index contributed by atoms with van der Waals surface area (Å²) >= 11 is 6.08. The van der Waals surface area contributed by atoms with E-state index in [0.29, 0.717) is 5.02 Å². The zero-order valence-corrected chi connectivity index (χ0v) is 9.90. The molecule has 0 aliphatic rings. The standard InChI is InChI=1S/C13H10ClNO2/c1-8-6-9(4-5-15-8)11-3-2-10(13(16)17)7-12(11)14/h2-7H,1H3,(H,16,17). The van der Waals surface area contributed by atoms with Crippen LogP contribution in [0.4, 0.5) is 0 Å².